The highest BCUT2D eigenvalue weighted by atomic mass is 32.1. The molecule has 0 bridgehead atoms. The quantitative estimate of drug-likeness (QED) is 0.305. The second-order valence-electron chi connectivity index (χ2n) is 6.99. The van der Waals surface area contributed by atoms with Crippen molar-refractivity contribution in [3.63, 3.8) is 0 Å². The number of hydrazine groups is 1. The van der Waals surface area contributed by atoms with Gasteiger partial charge in [0.1, 0.15) is 0 Å². The predicted molar refractivity (Wildman–Crippen MR) is 107 cm³/mol. The second-order valence-corrected chi connectivity index (χ2v) is 7.46. The van der Waals surface area contributed by atoms with E-state index < -0.39 is 0 Å². The number of rotatable bonds is 5. The van der Waals surface area contributed by atoms with Gasteiger partial charge in [0.05, 0.1) is 17.1 Å². The number of likely N-dealkylation sites (N-methyl/N-ethyl adjacent to an activating group) is 1. The number of hydrogen-bond donors (Lipinski definition) is 3. The van der Waals surface area contributed by atoms with Gasteiger partial charge in [-0.05, 0) is 52.1 Å². The van der Waals surface area contributed by atoms with Crippen LogP contribution in [0.25, 0.3) is 0 Å². The van der Waals surface area contributed by atoms with Crippen molar-refractivity contribution in [1.82, 2.24) is 9.91 Å². The summed E-state index contributed by atoms with van der Waals surface area (Å²) < 4.78 is 0. The molecule has 6 N–H and O–H groups in total. The number of thiocarbonyl (C=S) groups is 1. The molecule has 0 radical (unpaired) electrons. The van der Waals surface area contributed by atoms with Crippen molar-refractivity contribution < 1.29 is 0 Å². The maximum absolute atomic E-state index is 5.97. The fraction of sp³-hybridized carbons (Fsp3) is 0.722. The van der Waals surface area contributed by atoms with Gasteiger partial charge in [-0.2, -0.15) is 0 Å². The molecule has 0 aromatic carbocycles. The van der Waals surface area contributed by atoms with Crippen molar-refractivity contribution in [2.75, 3.05) is 13.6 Å². The molecule has 5 nitrogen and oxygen atoms in total. The number of nitrogens with two attached hydrogens (primary N) is 3. The molecule has 2 rings (SSSR count). The summed E-state index contributed by atoms with van der Waals surface area (Å²) in [7, 11) is 2.07. The molecule has 1 saturated carbocycles. The molecule has 1 saturated heterocycles. The van der Waals surface area contributed by atoms with E-state index in [0.717, 1.165) is 18.7 Å². The van der Waals surface area contributed by atoms with Crippen molar-refractivity contribution in [2.45, 2.75) is 64.0 Å². The lowest BCUT2D eigenvalue weighted by Crippen LogP contribution is -2.41. The zero-order valence-corrected chi connectivity index (χ0v) is 16.1. The van der Waals surface area contributed by atoms with E-state index in [1.165, 1.54) is 38.5 Å². The Bertz CT molecular complexity index is 427. The van der Waals surface area contributed by atoms with Crippen LogP contribution in [0.1, 0.15) is 51.9 Å². The normalized spacial score (nSPS) is 24.0. The molecule has 0 aromatic rings. The minimum Gasteiger partial charge on any atom is -0.401 e. The minimum absolute atomic E-state index is 0.226. The number of allylic oxidation sites excluding steroid dienone is 1. The first-order valence-electron chi connectivity index (χ1n) is 8.95. The maximum Gasteiger partial charge on any atom is 0.0901 e. The van der Waals surface area contributed by atoms with Gasteiger partial charge in [-0.15, -0.1) is 6.58 Å². The lowest BCUT2D eigenvalue weighted by molar-refractivity contribution is 0.201. The van der Waals surface area contributed by atoms with Crippen LogP contribution in [0.2, 0.25) is 0 Å². The van der Waals surface area contributed by atoms with E-state index in [0.29, 0.717) is 16.9 Å². The number of hydrogen-bond acceptors (Lipinski definition) is 5. The topological polar surface area (TPSA) is 84.5 Å². The summed E-state index contributed by atoms with van der Waals surface area (Å²) in [6.45, 7) is 6.86. The fourth-order valence-corrected chi connectivity index (χ4v) is 3.92. The van der Waals surface area contributed by atoms with Gasteiger partial charge in [-0.25, -0.2) is 5.84 Å². The molecule has 138 valence electrons. The minimum atomic E-state index is 0.226. The summed E-state index contributed by atoms with van der Waals surface area (Å²) in [4.78, 5) is 2.86. The average molecular weight is 354 g/mol. The van der Waals surface area contributed by atoms with Crippen LogP contribution in [0.4, 0.5) is 0 Å². The number of nitrogens with zero attached hydrogens (tertiary/aromatic N) is 2. The second kappa shape index (κ2) is 10.7. The average Bonchev–Trinajstić information content (AvgIpc) is 2.95. The van der Waals surface area contributed by atoms with Crippen molar-refractivity contribution in [3.05, 3.63) is 24.6 Å². The monoisotopic (exact) mass is 353 g/mol. The molecule has 0 spiro atoms. The van der Waals surface area contributed by atoms with Crippen LogP contribution in [-0.2, 0) is 0 Å². The third kappa shape index (κ3) is 6.79. The van der Waals surface area contributed by atoms with Crippen LogP contribution < -0.4 is 17.3 Å². The molecule has 24 heavy (non-hydrogen) atoms. The van der Waals surface area contributed by atoms with Crippen molar-refractivity contribution in [3.8, 4) is 0 Å². The van der Waals surface area contributed by atoms with E-state index in [2.05, 4.69) is 18.5 Å². The Kier molecular flexibility index (Phi) is 9.33. The molecule has 1 aliphatic heterocycles. The Morgan fingerprint density at radius 3 is 2.21 bits per heavy atom. The lowest BCUT2D eigenvalue weighted by atomic mass is 9.84. The standard InChI is InChI=1S/C12H23N3.C6H12N2S/c1-3-12(15(14)9-10(2)13)11-7-5-4-6-8-11;1-8-4-2-3-5(8)6(7)9/h3,9,11-12H,1,4-8,13-14H2,2H3;5H,2-4H2,1H3,(H2,7,9)/b10-9-;. The highest BCUT2D eigenvalue weighted by Gasteiger charge is 2.24. The summed E-state index contributed by atoms with van der Waals surface area (Å²) in [6.07, 6.45) is 12.6. The third-order valence-electron chi connectivity index (χ3n) is 4.92. The molecule has 0 aromatic heterocycles. The zero-order chi connectivity index (χ0) is 18.1. The van der Waals surface area contributed by atoms with E-state index in [-0.39, 0.29) is 6.04 Å². The predicted octanol–water partition coefficient (Wildman–Crippen LogP) is 2.48. The molecular weight excluding hydrogens is 318 g/mol. The molecule has 0 amide bonds. The van der Waals surface area contributed by atoms with Gasteiger partial charge in [-0.3, -0.25) is 4.90 Å². The van der Waals surface area contributed by atoms with E-state index >= 15 is 0 Å². The van der Waals surface area contributed by atoms with Gasteiger partial charge in [0.2, 0.25) is 0 Å². The summed E-state index contributed by atoms with van der Waals surface area (Å²) in [5.41, 5.74) is 11.8. The van der Waals surface area contributed by atoms with Crippen molar-refractivity contribution in [1.29, 1.82) is 0 Å². The SMILES string of the molecule is C=CC(C1CCCCC1)N(N)/C=C(/C)N.CN1CCCC1C(N)=S. The Labute approximate surface area is 152 Å². The molecular formula is C18H35N5S. The molecule has 2 aliphatic rings. The Morgan fingerprint density at radius 2 is 1.83 bits per heavy atom. The van der Waals surface area contributed by atoms with Gasteiger partial charge in [0.25, 0.3) is 0 Å². The summed E-state index contributed by atoms with van der Waals surface area (Å²) in [5.74, 6) is 6.60. The van der Waals surface area contributed by atoms with Crippen molar-refractivity contribution in [2.24, 2.45) is 23.2 Å². The van der Waals surface area contributed by atoms with Gasteiger partial charge in [0.15, 0.2) is 0 Å². The third-order valence-corrected chi connectivity index (χ3v) is 5.19. The molecule has 1 aliphatic carbocycles. The largest absolute Gasteiger partial charge is 0.401 e. The zero-order valence-electron chi connectivity index (χ0n) is 15.3. The summed E-state index contributed by atoms with van der Waals surface area (Å²) in [6, 6.07) is 0.601. The van der Waals surface area contributed by atoms with Crippen molar-refractivity contribution >= 4 is 17.2 Å². The molecule has 6 heteroatoms. The van der Waals surface area contributed by atoms with Crippen LogP contribution in [0.15, 0.2) is 24.6 Å². The van der Waals surface area contributed by atoms with Crippen LogP contribution in [-0.4, -0.2) is 40.6 Å². The van der Waals surface area contributed by atoms with Gasteiger partial charge >= 0.3 is 0 Å². The van der Waals surface area contributed by atoms with Crippen LogP contribution in [0.5, 0.6) is 0 Å². The highest BCUT2D eigenvalue weighted by Crippen LogP contribution is 2.28. The molecule has 2 fully saturated rings. The van der Waals surface area contributed by atoms with E-state index in [1.807, 2.05) is 13.0 Å². The smallest absolute Gasteiger partial charge is 0.0901 e. The Hall–Kier alpha value is -1.11. The molecule has 2 atom stereocenters. The lowest BCUT2D eigenvalue weighted by Gasteiger charge is -2.33. The Balaban J connectivity index is 0.000000272. The van der Waals surface area contributed by atoms with E-state index in [4.69, 9.17) is 29.5 Å². The summed E-state index contributed by atoms with van der Waals surface area (Å²) >= 11 is 4.87. The first-order valence-corrected chi connectivity index (χ1v) is 9.36. The van der Waals surface area contributed by atoms with Crippen LogP contribution in [0, 0.1) is 5.92 Å². The first-order chi connectivity index (χ1) is 11.4. The molecule has 2 unspecified atom stereocenters. The number of likely N-dealkylation sites (tertiary alicyclic amines) is 1. The van der Waals surface area contributed by atoms with Gasteiger partial charge in [-0.1, -0.05) is 37.6 Å². The maximum atomic E-state index is 5.97. The molecule has 1 heterocycles. The van der Waals surface area contributed by atoms with E-state index in [1.54, 1.807) is 11.2 Å². The van der Waals surface area contributed by atoms with Gasteiger partial charge < -0.3 is 16.5 Å². The van der Waals surface area contributed by atoms with Crippen LogP contribution in [0.3, 0.4) is 0 Å². The first kappa shape index (κ1) is 20.9. The summed E-state index contributed by atoms with van der Waals surface area (Å²) in [5, 5.41) is 1.71. The van der Waals surface area contributed by atoms with Gasteiger partial charge in [0, 0.05) is 11.9 Å². The Morgan fingerprint density at radius 1 is 1.21 bits per heavy atom. The fourth-order valence-electron chi connectivity index (χ4n) is 3.62. The van der Waals surface area contributed by atoms with Crippen LogP contribution >= 0.6 is 12.2 Å². The highest BCUT2D eigenvalue weighted by molar-refractivity contribution is 7.80. The van der Waals surface area contributed by atoms with E-state index in [9.17, 15) is 0 Å².